The molecule has 19 nitrogen and oxygen atoms in total. The number of aliphatic imine (C=N–C) groups is 1. The van der Waals surface area contributed by atoms with Crippen LogP contribution in [-0.4, -0.2) is 116 Å². The summed E-state index contributed by atoms with van der Waals surface area (Å²) in [7, 11) is 1.58. The molecule has 2 aromatic carbocycles. The number of aryl methyl sites for hydroxylation is 4. The Bertz CT molecular complexity index is 3380. The normalized spacial score (nSPS) is 13.7. The topological polar surface area (TPSA) is 217 Å². The summed E-state index contributed by atoms with van der Waals surface area (Å²) >= 11 is 7.90. The molecule has 2 atom stereocenters. The van der Waals surface area contributed by atoms with Crippen molar-refractivity contribution in [3.63, 3.8) is 0 Å². The third-order valence-electron chi connectivity index (χ3n) is 12.8. The van der Waals surface area contributed by atoms with Gasteiger partial charge in [-0.3, -0.25) is 38.3 Å². The van der Waals surface area contributed by atoms with Crippen LogP contribution < -0.4 is 21.1 Å². The molecule has 1 aliphatic heterocycles. The Morgan fingerprint density at radius 1 is 0.877 bits per heavy atom. The number of fused-ring (bicyclic) bond motifs is 6. The number of nitrogens with one attached hydrogen (secondary N) is 2. The van der Waals surface area contributed by atoms with Crippen molar-refractivity contribution in [1.29, 1.82) is 0 Å². The van der Waals surface area contributed by atoms with E-state index in [1.807, 2.05) is 86.9 Å². The zero-order chi connectivity index (χ0) is 51.3. The van der Waals surface area contributed by atoms with E-state index in [2.05, 4.69) is 44.8 Å². The molecule has 0 spiro atoms. The zero-order valence-electron chi connectivity index (χ0n) is 41.7. The number of pyridine rings is 2. The second-order valence-electron chi connectivity index (χ2n) is 17.6. The van der Waals surface area contributed by atoms with Gasteiger partial charge in [0.05, 0.1) is 105 Å². The number of halogens is 1. The molecule has 6 aromatic heterocycles. The third-order valence-corrected chi connectivity index (χ3v) is 14.3. The SMILES string of the molecule is COc1cc2c(cc1-c1c(C)noc1C)ncc1c2n(C(C)c2ccccn2)c(=O)n1CC(=O)NCCOCCOCCOCCNC(=O)CC1N=C(c2ccc(Cl)cc2)c2c(sc(C)c2C)-n2c(C)nnc21. The quantitative estimate of drug-likeness (QED) is 0.0687. The van der Waals surface area contributed by atoms with Crippen molar-refractivity contribution in [2.24, 2.45) is 4.99 Å². The lowest BCUT2D eigenvalue weighted by Gasteiger charge is -2.15. The van der Waals surface area contributed by atoms with Crippen LogP contribution in [-0.2, 0) is 30.3 Å². The summed E-state index contributed by atoms with van der Waals surface area (Å²) < 4.78 is 33.5. The fourth-order valence-electron chi connectivity index (χ4n) is 9.12. The number of amides is 2. The minimum atomic E-state index is -0.571. The first-order chi connectivity index (χ1) is 35.3. The molecule has 0 aliphatic carbocycles. The average molecular weight is 1030 g/mol. The van der Waals surface area contributed by atoms with Gasteiger partial charge in [0.15, 0.2) is 5.82 Å². The highest BCUT2D eigenvalue weighted by atomic mass is 35.5. The van der Waals surface area contributed by atoms with E-state index in [0.717, 1.165) is 44.4 Å². The maximum Gasteiger partial charge on any atom is 0.330 e. The predicted octanol–water partition coefficient (Wildman–Crippen LogP) is 7.12. The number of hydrogen-bond donors (Lipinski definition) is 2. The van der Waals surface area contributed by atoms with Gasteiger partial charge in [0.2, 0.25) is 11.8 Å². The largest absolute Gasteiger partial charge is 0.496 e. The molecule has 0 bridgehead atoms. The van der Waals surface area contributed by atoms with Gasteiger partial charge in [0, 0.05) is 51.3 Å². The van der Waals surface area contributed by atoms with Crippen molar-refractivity contribution in [3.05, 3.63) is 133 Å². The van der Waals surface area contributed by atoms with E-state index >= 15 is 0 Å². The van der Waals surface area contributed by atoms with Crippen LogP contribution in [0.5, 0.6) is 5.75 Å². The maximum absolute atomic E-state index is 14.3. The van der Waals surface area contributed by atoms with Gasteiger partial charge in [0.25, 0.3) is 0 Å². The number of ether oxygens (including phenoxy) is 4. The number of hydrogen-bond acceptors (Lipinski definition) is 15. The minimum Gasteiger partial charge on any atom is -0.496 e. The van der Waals surface area contributed by atoms with Crippen LogP contribution in [0.15, 0.2) is 81.3 Å². The van der Waals surface area contributed by atoms with E-state index < -0.39 is 12.1 Å². The summed E-state index contributed by atoms with van der Waals surface area (Å²) in [4.78, 5) is 56.7. The number of imidazole rings is 1. The van der Waals surface area contributed by atoms with E-state index in [0.29, 0.717) is 95.3 Å². The number of rotatable bonds is 21. The van der Waals surface area contributed by atoms with Crippen molar-refractivity contribution in [3.8, 4) is 21.9 Å². The molecule has 0 fully saturated rings. The number of benzene rings is 2. The monoisotopic (exact) mass is 1030 g/mol. The van der Waals surface area contributed by atoms with E-state index in [1.54, 1.807) is 35.4 Å². The standard InChI is InChI=1S/C52H56ClN11O8S/c1-29-33(5)73-51-46(29)48(35-11-13-36(53)14-12-35)58-41(50-60-59-34(6)64(50)51)26-44(65)55-16-18-69-20-22-71-23-21-70-19-17-56-45(66)28-62-42-27-57-40-24-38(47-30(2)61-72-32(47)4)43(68-7)25-37(40)49(42)63(52(62)67)31(3)39-10-8-9-15-54-39/h8-15,24-25,27,31,41H,16-23,26,28H2,1-7H3,(H,55,65)(H,56,66). The number of carbonyl (C=O) groups excluding carboxylic acids is 2. The smallest absolute Gasteiger partial charge is 0.330 e. The molecule has 8 aromatic rings. The van der Waals surface area contributed by atoms with Gasteiger partial charge in [-0.25, -0.2) is 4.79 Å². The molecule has 73 heavy (non-hydrogen) atoms. The first-order valence-electron chi connectivity index (χ1n) is 23.9. The van der Waals surface area contributed by atoms with Crippen LogP contribution in [0.3, 0.4) is 0 Å². The zero-order valence-corrected chi connectivity index (χ0v) is 43.2. The molecule has 0 saturated heterocycles. The second kappa shape index (κ2) is 22.3. The molecule has 9 rings (SSSR count). The number of thiophene rings is 1. The van der Waals surface area contributed by atoms with Gasteiger partial charge >= 0.3 is 5.69 Å². The molecule has 2 N–H and O–H groups in total. The predicted molar refractivity (Wildman–Crippen MR) is 277 cm³/mol. The van der Waals surface area contributed by atoms with Crippen molar-refractivity contribution in [2.45, 2.75) is 66.6 Å². The summed E-state index contributed by atoms with van der Waals surface area (Å²) in [5, 5.41) is 21.1. The average Bonchev–Trinajstić information content (AvgIpc) is 4.08. The Morgan fingerprint density at radius 3 is 2.26 bits per heavy atom. The molecule has 2 amide bonds. The Balaban J connectivity index is 0.726. The van der Waals surface area contributed by atoms with Gasteiger partial charge in [0.1, 0.15) is 34.9 Å². The van der Waals surface area contributed by atoms with E-state index in [9.17, 15) is 14.4 Å². The molecule has 1 aliphatic rings. The van der Waals surface area contributed by atoms with Crippen LogP contribution in [0.4, 0.5) is 0 Å². The van der Waals surface area contributed by atoms with Gasteiger partial charge in [-0.05, 0) is 83.5 Å². The summed E-state index contributed by atoms with van der Waals surface area (Å²) in [6.07, 6.45) is 3.38. The van der Waals surface area contributed by atoms with Gasteiger partial charge in [-0.2, -0.15) is 0 Å². The Morgan fingerprint density at radius 2 is 1.59 bits per heavy atom. The number of nitrogens with zero attached hydrogens (tertiary/aromatic N) is 9. The molecule has 0 radical (unpaired) electrons. The Kier molecular flexibility index (Phi) is 15.6. The second-order valence-corrected chi connectivity index (χ2v) is 19.2. The highest BCUT2D eigenvalue weighted by Crippen LogP contribution is 2.41. The lowest BCUT2D eigenvalue weighted by molar-refractivity contribution is -0.122. The lowest BCUT2D eigenvalue weighted by atomic mass is 9.99. The highest BCUT2D eigenvalue weighted by molar-refractivity contribution is 7.15. The van der Waals surface area contributed by atoms with E-state index in [-0.39, 0.29) is 43.6 Å². The molecule has 380 valence electrons. The van der Waals surface area contributed by atoms with Crippen molar-refractivity contribution >= 4 is 62.4 Å². The first kappa shape index (κ1) is 50.8. The fourth-order valence-corrected chi connectivity index (χ4v) is 10.5. The van der Waals surface area contributed by atoms with Gasteiger partial charge in [-0.15, -0.1) is 21.5 Å². The van der Waals surface area contributed by atoms with Crippen LogP contribution >= 0.6 is 22.9 Å². The van der Waals surface area contributed by atoms with Crippen molar-refractivity contribution in [2.75, 3.05) is 59.8 Å². The summed E-state index contributed by atoms with van der Waals surface area (Å²) in [6, 6.07) is 15.8. The molecular weight excluding hydrogens is 974 g/mol. The Hall–Kier alpha value is -7.10. The minimum absolute atomic E-state index is 0.0757. The summed E-state index contributed by atoms with van der Waals surface area (Å²) in [5.74, 6) is 1.98. The van der Waals surface area contributed by atoms with Crippen LogP contribution in [0.1, 0.15) is 75.8 Å². The van der Waals surface area contributed by atoms with E-state index in [1.165, 1.54) is 9.44 Å². The Labute approximate surface area is 429 Å². The number of methoxy groups -OCH3 is 1. The molecule has 21 heteroatoms. The number of aromatic nitrogens is 8. The molecule has 2 unspecified atom stereocenters. The van der Waals surface area contributed by atoms with E-state index in [4.69, 9.17) is 45.0 Å². The molecule has 0 saturated carbocycles. The fraction of sp³-hybridized carbons (Fsp3) is 0.365. The lowest BCUT2D eigenvalue weighted by Crippen LogP contribution is -2.35. The molecule has 7 heterocycles. The first-order valence-corrected chi connectivity index (χ1v) is 25.1. The van der Waals surface area contributed by atoms with Crippen LogP contribution in [0, 0.1) is 34.6 Å². The van der Waals surface area contributed by atoms with Crippen molar-refractivity contribution < 1.29 is 33.1 Å². The highest BCUT2D eigenvalue weighted by Gasteiger charge is 2.33. The third kappa shape index (κ3) is 10.6. The maximum atomic E-state index is 14.3. The van der Waals surface area contributed by atoms with Gasteiger partial charge in [-0.1, -0.05) is 35.0 Å². The summed E-state index contributed by atoms with van der Waals surface area (Å²) in [6.45, 7) is 13.8. The van der Waals surface area contributed by atoms with Crippen molar-refractivity contribution in [1.82, 2.24) is 49.7 Å². The molecular formula is C52H56ClN11O8S. The number of carbonyl (C=O) groups is 2. The van der Waals surface area contributed by atoms with Crippen LogP contribution in [0.25, 0.3) is 38.1 Å². The summed E-state index contributed by atoms with van der Waals surface area (Å²) in [5.41, 5.74) is 8.09. The van der Waals surface area contributed by atoms with Gasteiger partial charge < -0.3 is 34.1 Å². The van der Waals surface area contributed by atoms with Crippen LogP contribution in [0.2, 0.25) is 5.02 Å².